The molecule has 0 spiro atoms. The third kappa shape index (κ3) is 4.23. The lowest BCUT2D eigenvalue weighted by atomic mass is 10.0. The van der Waals surface area contributed by atoms with E-state index in [0.29, 0.717) is 19.6 Å². The first kappa shape index (κ1) is 14.9. The highest BCUT2D eigenvalue weighted by atomic mass is 32.2. The average molecular weight is 262 g/mol. The minimum Gasteiger partial charge on any atom is -0.329 e. The van der Waals surface area contributed by atoms with Gasteiger partial charge in [-0.2, -0.15) is 0 Å². The van der Waals surface area contributed by atoms with E-state index < -0.39 is 10.0 Å². The van der Waals surface area contributed by atoms with E-state index in [2.05, 4.69) is 6.92 Å². The largest absolute Gasteiger partial charge is 0.329 e. The second kappa shape index (κ2) is 7.34. The van der Waals surface area contributed by atoms with Crippen LogP contribution in [0.25, 0.3) is 0 Å². The summed E-state index contributed by atoms with van der Waals surface area (Å²) in [6.45, 7) is 3.59. The van der Waals surface area contributed by atoms with Crippen molar-refractivity contribution in [3.63, 3.8) is 0 Å². The van der Waals surface area contributed by atoms with Gasteiger partial charge in [-0.05, 0) is 19.3 Å². The van der Waals surface area contributed by atoms with Gasteiger partial charge in [0.1, 0.15) is 0 Å². The summed E-state index contributed by atoms with van der Waals surface area (Å²) in [4.78, 5) is 0. The lowest BCUT2D eigenvalue weighted by Gasteiger charge is -2.29. The molecule has 4 nitrogen and oxygen atoms in total. The van der Waals surface area contributed by atoms with Crippen LogP contribution in [0.4, 0.5) is 0 Å². The molecule has 0 aromatic carbocycles. The Morgan fingerprint density at radius 3 is 2.35 bits per heavy atom. The Hall–Kier alpha value is -0.130. The molecule has 0 heterocycles. The molecule has 0 aromatic heterocycles. The predicted molar refractivity (Wildman–Crippen MR) is 71.3 cm³/mol. The molecule has 1 saturated carbocycles. The number of nitrogens with zero attached hydrogens (tertiary/aromatic N) is 1. The maximum atomic E-state index is 12.5. The molecule has 1 rings (SSSR count). The van der Waals surface area contributed by atoms with Gasteiger partial charge < -0.3 is 5.73 Å². The lowest BCUT2D eigenvalue weighted by molar-refractivity contribution is 0.386. The van der Waals surface area contributed by atoms with Crippen molar-refractivity contribution in [2.75, 3.05) is 19.6 Å². The van der Waals surface area contributed by atoms with Crippen molar-refractivity contribution in [3.8, 4) is 0 Å². The van der Waals surface area contributed by atoms with Crippen LogP contribution in [0.5, 0.6) is 0 Å². The van der Waals surface area contributed by atoms with Crippen LogP contribution in [-0.2, 0) is 10.0 Å². The quantitative estimate of drug-likeness (QED) is 0.759. The van der Waals surface area contributed by atoms with E-state index in [4.69, 9.17) is 5.73 Å². The van der Waals surface area contributed by atoms with E-state index in [9.17, 15) is 8.42 Å². The van der Waals surface area contributed by atoms with Gasteiger partial charge in [-0.3, -0.25) is 0 Å². The third-order valence-corrected chi connectivity index (χ3v) is 5.87. The van der Waals surface area contributed by atoms with Crippen LogP contribution < -0.4 is 5.73 Å². The van der Waals surface area contributed by atoms with Crippen molar-refractivity contribution in [3.05, 3.63) is 0 Å². The van der Waals surface area contributed by atoms with Gasteiger partial charge >= 0.3 is 0 Å². The minimum absolute atomic E-state index is 0.153. The Bertz CT molecular complexity index is 298. The summed E-state index contributed by atoms with van der Waals surface area (Å²) in [6.07, 6.45) is 6.87. The number of unbranched alkanes of at least 4 members (excludes halogenated alkanes) is 1. The van der Waals surface area contributed by atoms with Gasteiger partial charge in [-0.15, -0.1) is 0 Å². The fourth-order valence-corrected chi connectivity index (χ4v) is 4.51. The van der Waals surface area contributed by atoms with Gasteiger partial charge in [0.2, 0.25) is 10.0 Å². The highest BCUT2D eigenvalue weighted by Crippen LogP contribution is 2.26. The summed E-state index contributed by atoms with van der Waals surface area (Å²) in [5.74, 6) is 0. The molecule has 0 atom stereocenters. The van der Waals surface area contributed by atoms with Gasteiger partial charge in [0.25, 0.3) is 0 Å². The third-order valence-electron chi connectivity index (χ3n) is 3.47. The Balaban J connectivity index is 2.67. The van der Waals surface area contributed by atoms with Crippen molar-refractivity contribution < 1.29 is 8.42 Å². The van der Waals surface area contributed by atoms with Gasteiger partial charge in [-0.25, -0.2) is 12.7 Å². The van der Waals surface area contributed by atoms with Gasteiger partial charge in [0, 0.05) is 19.6 Å². The normalized spacial score (nSPS) is 18.8. The first-order chi connectivity index (χ1) is 8.12. The maximum Gasteiger partial charge on any atom is 0.217 e. The number of sulfonamides is 1. The van der Waals surface area contributed by atoms with E-state index in [-0.39, 0.29) is 5.25 Å². The fourth-order valence-electron chi connectivity index (χ4n) is 2.42. The van der Waals surface area contributed by atoms with Crippen LogP contribution in [0.1, 0.15) is 51.9 Å². The minimum atomic E-state index is -3.11. The molecule has 102 valence electrons. The Morgan fingerprint density at radius 2 is 1.82 bits per heavy atom. The summed E-state index contributed by atoms with van der Waals surface area (Å²) in [7, 11) is -3.11. The molecular formula is C12H26N2O2S. The van der Waals surface area contributed by atoms with E-state index in [1.807, 2.05) is 0 Å². The summed E-state index contributed by atoms with van der Waals surface area (Å²) >= 11 is 0. The number of hydrogen-bond donors (Lipinski definition) is 1. The number of hydrogen-bond acceptors (Lipinski definition) is 3. The monoisotopic (exact) mass is 262 g/mol. The van der Waals surface area contributed by atoms with E-state index >= 15 is 0 Å². The van der Waals surface area contributed by atoms with Crippen LogP contribution in [0.2, 0.25) is 0 Å². The Morgan fingerprint density at radius 1 is 1.18 bits per heavy atom. The molecular weight excluding hydrogens is 236 g/mol. The Labute approximate surface area is 106 Å². The van der Waals surface area contributed by atoms with Crippen LogP contribution >= 0.6 is 0 Å². The maximum absolute atomic E-state index is 12.5. The first-order valence-corrected chi connectivity index (χ1v) is 8.32. The lowest BCUT2D eigenvalue weighted by Crippen LogP contribution is -2.42. The molecule has 1 fully saturated rings. The summed E-state index contributed by atoms with van der Waals surface area (Å²) < 4.78 is 26.5. The van der Waals surface area contributed by atoms with Crippen molar-refractivity contribution in [1.82, 2.24) is 4.31 Å². The standard InChI is InChI=1S/C12H26N2O2S/c1-2-3-10-14(11-9-13)17(15,16)12-7-5-4-6-8-12/h12H,2-11,13H2,1H3. The molecule has 17 heavy (non-hydrogen) atoms. The molecule has 1 aliphatic rings. The van der Waals surface area contributed by atoms with Gasteiger partial charge in [-0.1, -0.05) is 32.6 Å². The second-order valence-electron chi connectivity index (χ2n) is 4.85. The van der Waals surface area contributed by atoms with Crippen LogP contribution in [0.15, 0.2) is 0 Å². The van der Waals surface area contributed by atoms with Crippen molar-refractivity contribution in [2.45, 2.75) is 57.1 Å². The van der Waals surface area contributed by atoms with Crippen LogP contribution in [0.3, 0.4) is 0 Å². The fraction of sp³-hybridized carbons (Fsp3) is 1.00. The highest BCUT2D eigenvalue weighted by Gasteiger charge is 2.32. The first-order valence-electron chi connectivity index (χ1n) is 6.82. The SMILES string of the molecule is CCCCN(CCN)S(=O)(=O)C1CCCCC1. The van der Waals surface area contributed by atoms with Crippen molar-refractivity contribution >= 4 is 10.0 Å². The van der Waals surface area contributed by atoms with Gasteiger partial charge in [0.15, 0.2) is 0 Å². The van der Waals surface area contributed by atoms with Crippen molar-refractivity contribution in [2.24, 2.45) is 5.73 Å². The summed E-state index contributed by atoms with van der Waals surface area (Å²) in [5.41, 5.74) is 5.52. The predicted octanol–water partition coefficient (Wildman–Crippen LogP) is 1.71. The zero-order valence-corrected chi connectivity index (χ0v) is 11.7. The van der Waals surface area contributed by atoms with E-state index in [1.54, 1.807) is 4.31 Å². The molecule has 0 aliphatic heterocycles. The smallest absolute Gasteiger partial charge is 0.217 e. The van der Waals surface area contributed by atoms with E-state index in [1.165, 1.54) is 6.42 Å². The molecule has 0 radical (unpaired) electrons. The summed E-state index contributed by atoms with van der Waals surface area (Å²) in [6, 6.07) is 0. The molecule has 1 aliphatic carbocycles. The van der Waals surface area contributed by atoms with Crippen LogP contribution in [0, 0.1) is 0 Å². The highest BCUT2D eigenvalue weighted by molar-refractivity contribution is 7.89. The molecule has 0 aromatic rings. The molecule has 0 amide bonds. The molecule has 0 unspecified atom stereocenters. The molecule has 5 heteroatoms. The zero-order valence-electron chi connectivity index (χ0n) is 10.9. The van der Waals surface area contributed by atoms with Gasteiger partial charge in [0.05, 0.1) is 5.25 Å². The van der Waals surface area contributed by atoms with Crippen LogP contribution in [-0.4, -0.2) is 37.6 Å². The number of rotatable bonds is 7. The summed E-state index contributed by atoms with van der Waals surface area (Å²) in [5, 5.41) is -0.153. The molecule has 0 saturated heterocycles. The molecule has 0 bridgehead atoms. The van der Waals surface area contributed by atoms with Crippen molar-refractivity contribution in [1.29, 1.82) is 0 Å². The number of nitrogens with two attached hydrogens (primary N) is 1. The van der Waals surface area contributed by atoms with E-state index in [0.717, 1.165) is 38.5 Å². The second-order valence-corrected chi connectivity index (χ2v) is 7.06. The Kier molecular flexibility index (Phi) is 6.44. The topological polar surface area (TPSA) is 63.4 Å². The zero-order chi connectivity index (χ0) is 12.7. The molecule has 2 N–H and O–H groups in total. The average Bonchev–Trinajstić information content (AvgIpc) is 2.35.